The number of carbonyl (C=O) groups excluding carboxylic acids is 1. The summed E-state index contributed by atoms with van der Waals surface area (Å²) in [6.07, 6.45) is 0.697. The molecule has 4 nitrogen and oxygen atoms in total. The van der Waals surface area contributed by atoms with E-state index in [1.807, 2.05) is 39.0 Å². The molecule has 0 aliphatic carbocycles. The summed E-state index contributed by atoms with van der Waals surface area (Å²) in [7, 11) is 0. The second kappa shape index (κ2) is 8.78. The van der Waals surface area contributed by atoms with E-state index in [1.54, 1.807) is 0 Å². The molecule has 0 spiro atoms. The highest BCUT2D eigenvalue weighted by atomic mass is 16.6. The van der Waals surface area contributed by atoms with E-state index in [9.17, 15) is 4.79 Å². The summed E-state index contributed by atoms with van der Waals surface area (Å²) in [6.45, 7) is 9.91. The normalized spacial score (nSPS) is 19.8. The number of ether oxygens (including phenoxy) is 1. The van der Waals surface area contributed by atoms with Crippen molar-refractivity contribution < 1.29 is 9.53 Å². The Hall–Kier alpha value is -2.33. The Kier molecular flexibility index (Phi) is 6.40. The molecule has 1 aliphatic heterocycles. The van der Waals surface area contributed by atoms with Crippen LogP contribution in [-0.2, 0) is 4.74 Å². The number of amides is 1. The van der Waals surface area contributed by atoms with Crippen molar-refractivity contribution in [3.05, 3.63) is 71.8 Å². The fraction of sp³-hybridized carbons (Fsp3) is 0.458. The summed E-state index contributed by atoms with van der Waals surface area (Å²) < 4.78 is 5.53. The van der Waals surface area contributed by atoms with Gasteiger partial charge in [0.05, 0.1) is 6.04 Å². The van der Waals surface area contributed by atoms with Crippen molar-refractivity contribution >= 4 is 6.09 Å². The van der Waals surface area contributed by atoms with E-state index >= 15 is 0 Å². The molecule has 3 atom stereocenters. The quantitative estimate of drug-likeness (QED) is 0.762. The van der Waals surface area contributed by atoms with Crippen molar-refractivity contribution in [3.63, 3.8) is 0 Å². The predicted octanol–water partition coefficient (Wildman–Crippen LogP) is 5.34. The number of nitrogens with one attached hydrogen (secondary N) is 1. The second-order valence-electron chi connectivity index (χ2n) is 8.66. The molecule has 1 amide bonds. The van der Waals surface area contributed by atoms with Crippen LogP contribution in [0.5, 0.6) is 0 Å². The highest BCUT2D eigenvalue weighted by Crippen LogP contribution is 2.34. The van der Waals surface area contributed by atoms with Gasteiger partial charge in [0.1, 0.15) is 5.60 Å². The summed E-state index contributed by atoms with van der Waals surface area (Å²) in [6, 6.07) is 21.2. The van der Waals surface area contributed by atoms with E-state index in [0.29, 0.717) is 12.0 Å². The first-order valence-corrected chi connectivity index (χ1v) is 10.2. The van der Waals surface area contributed by atoms with E-state index in [4.69, 9.17) is 4.74 Å². The SMILES string of the molecule is C[C@@H](c1ccccc1)N1CC[C@@H](C(NC(=O)OC(C)(C)C)c2ccccc2)C1. The minimum atomic E-state index is -0.505. The lowest BCUT2D eigenvalue weighted by atomic mass is 9.92. The molecule has 2 aromatic rings. The number of nitrogens with zero attached hydrogens (tertiary/aromatic N) is 1. The topological polar surface area (TPSA) is 41.6 Å². The van der Waals surface area contributed by atoms with Crippen LogP contribution >= 0.6 is 0 Å². The third-order valence-electron chi connectivity index (χ3n) is 5.39. The molecule has 4 heteroatoms. The summed E-state index contributed by atoms with van der Waals surface area (Å²) in [5.74, 6) is 0.348. The van der Waals surface area contributed by atoms with Crippen LogP contribution in [0.4, 0.5) is 4.79 Å². The van der Waals surface area contributed by atoms with E-state index in [1.165, 1.54) is 5.56 Å². The average Bonchev–Trinajstić information content (AvgIpc) is 3.15. The number of hydrogen-bond acceptors (Lipinski definition) is 3. The second-order valence-corrected chi connectivity index (χ2v) is 8.66. The largest absolute Gasteiger partial charge is 0.444 e. The molecule has 2 aromatic carbocycles. The van der Waals surface area contributed by atoms with Gasteiger partial charge in [-0.25, -0.2) is 4.79 Å². The minimum absolute atomic E-state index is 0.0518. The molecule has 28 heavy (non-hydrogen) atoms. The van der Waals surface area contributed by atoms with Crippen molar-refractivity contribution in [2.24, 2.45) is 5.92 Å². The maximum absolute atomic E-state index is 12.5. The molecule has 1 heterocycles. The summed E-state index contributed by atoms with van der Waals surface area (Å²) >= 11 is 0. The smallest absolute Gasteiger partial charge is 0.408 e. The first kappa shape index (κ1) is 20.4. The Morgan fingerprint density at radius 3 is 2.18 bits per heavy atom. The number of hydrogen-bond donors (Lipinski definition) is 1. The molecule has 1 fully saturated rings. The monoisotopic (exact) mass is 380 g/mol. The summed E-state index contributed by atoms with van der Waals surface area (Å²) in [5, 5.41) is 3.14. The molecule has 3 rings (SSSR count). The fourth-order valence-electron chi connectivity index (χ4n) is 3.95. The number of likely N-dealkylation sites (tertiary alicyclic amines) is 1. The zero-order valence-electron chi connectivity index (χ0n) is 17.4. The number of benzene rings is 2. The zero-order chi connectivity index (χ0) is 20.1. The molecule has 1 saturated heterocycles. The third kappa shape index (κ3) is 5.35. The molecular formula is C24H32N2O2. The highest BCUT2D eigenvalue weighted by Gasteiger charge is 2.34. The zero-order valence-corrected chi connectivity index (χ0v) is 17.4. The minimum Gasteiger partial charge on any atom is -0.444 e. The third-order valence-corrected chi connectivity index (χ3v) is 5.39. The summed E-state index contributed by atoms with van der Waals surface area (Å²) in [4.78, 5) is 15.0. The van der Waals surface area contributed by atoms with Crippen molar-refractivity contribution in [1.82, 2.24) is 10.2 Å². The van der Waals surface area contributed by atoms with Crippen LogP contribution in [0, 0.1) is 5.92 Å². The number of alkyl carbamates (subject to hydrolysis) is 1. The molecule has 1 N–H and O–H groups in total. The number of rotatable bonds is 5. The van der Waals surface area contributed by atoms with E-state index in [-0.39, 0.29) is 12.1 Å². The van der Waals surface area contributed by atoms with E-state index in [2.05, 4.69) is 59.6 Å². The van der Waals surface area contributed by atoms with Crippen molar-refractivity contribution in [1.29, 1.82) is 0 Å². The van der Waals surface area contributed by atoms with Gasteiger partial charge in [-0.1, -0.05) is 60.7 Å². The molecule has 0 radical (unpaired) electrons. The molecule has 150 valence electrons. The van der Waals surface area contributed by atoms with Gasteiger partial charge >= 0.3 is 6.09 Å². The Labute approximate surface area is 168 Å². The van der Waals surface area contributed by atoms with Crippen LogP contribution in [0.15, 0.2) is 60.7 Å². The highest BCUT2D eigenvalue weighted by molar-refractivity contribution is 5.68. The Bertz CT molecular complexity index is 755. The van der Waals surface area contributed by atoms with Gasteiger partial charge in [0.25, 0.3) is 0 Å². The lowest BCUT2D eigenvalue weighted by Gasteiger charge is -2.29. The lowest BCUT2D eigenvalue weighted by Crippen LogP contribution is -2.38. The first-order chi connectivity index (χ1) is 13.3. The van der Waals surface area contributed by atoms with Crippen molar-refractivity contribution in [3.8, 4) is 0 Å². The first-order valence-electron chi connectivity index (χ1n) is 10.2. The van der Waals surface area contributed by atoms with Gasteiger partial charge in [0, 0.05) is 12.6 Å². The van der Waals surface area contributed by atoms with E-state index < -0.39 is 5.60 Å². The van der Waals surface area contributed by atoms with Crippen LogP contribution in [0.2, 0.25) is 0 Å². The van der Waals surface area contributed by atoms with Crippen LogP contribution in [-0.4, -0.2) is 29.7 Å². The van der Waals surface area contributed by atoms with Crippen LogP contribution in [0.25, 0.3) is 0 Å². The standard InChI is InChI=1S/C24H32N2O2/c1-18(19-11-7-5-8-12-19)26-16-15-21(17-26)22(20-13-9-6-10-14-20)25-23(27)28-24(2,3)4/h5-14,18,21-22H,15-17H2,1-4H3,(H,25,27)/t18-,21+,22?/m0/s1. The lowest BCUT2D eigenvalue weighted by molar-refractivity contribution is 0.0484. The summed E-state index contributed by atoms with van der Waals surface area (Å²) in [5.41, 5.74) is 1.96. The molecule has 0 saturated carbocycles. The van der Waals surface area contributed by atoms with Gasteiger partial charge in [0.2, 0.25) is 0 Å². The van der Waals surface area contributed by atoms with Gasteiger partial charge in [-0.15, -0.1) is 0 Å². The van der Waals surface area contributed by atoms with Crippen LogP contribution in [0.3, 0.4) is 0 Å². The van der Waals surface area contributed by atoms with Gasteiger partial charge in [-0.3, -0.25) is 4.90 Å². The van der Waals surface area contributed by atoms with E-state index in [0.717, 1.165) is 25.1 Å². The van der Waals surface area contributed by atoms with Crippen molar-refractivity contribution in [2.45, 2.75) is 51.8 Å². The Morgan fingerprint density at radius 2 is 1.61 bits per heavy atom. The Balaban J connectivity index is 1.73. The van der Waals surface area contributed by atoms with Crippen molar-refractivity contribution in [2.75, 3.05) is 13.1 Å². The molecule has 1 aliphatic rings. The average molecular weight is 381 g/mol. The van der Waals surface area contributed by atoms with Crippen LogP contribution in [0.1, 0.15) is 57.3 Å². The number of carbonyl (C=O) groups is 1. The Morgan fingerprint density at radius 1 is 1.04 bits per heavy atom. The van der Waals surface area contributed by atoms with Crippen LogP contribution < -0.4 is 5.32 Å². The fourth-order valence-corrected chi connectivity index (χ4v) is 3.95. The van der Waals surface area contributed by atoms with Gasteiger partial charge in [-0.05, 0) is 57.7 Å². The predicted molar refractivity (Wildman–Crippen MR) is 113 cm³/mol. The molecule has 0 aromatic heterocycles. The van der Waals surface area contributed by atoms with Gasteiger partial charge < -0.3 is 10.1 Å². The van der Waals surface area contributed by atoms with Gasteiger partial charge in [0.15, 0.2) is 0 Å². The molecule has 1 unspecified atom stereocenters. The molecule has 0 bridgehead atoms. The maximum atomic E-state index is 12.5. The maximum Gasteiger partial charge on any atom is 0.408 e. The van der Waals surface area contributed by atoms with Gasteiger partial charge in [-0.2, -0.15) is 0 Å². The molecular weight excluding hydrogens is 348 g/mol.